The highest BCUT2D eigenvalue weighted by Crippen LogP contribution is 2.33. The smallest absolute Gasteiger partial charge is 0.330 e. The van der Waals surface area contributed by atoms with Gasteiger partial charge in [0.1, 0.15) is 5.82 Å². The predicted octanol–water partition coefficient (Wildman–Crippen LogP) is 0.947. The van der Waals surface area contributed by atoms with Crippen molar-refractivity contribution in [3.05, 3.63) is 56.7 Å². The Balaban J connectivity index is 2.01. The molecule has 0 atom stereocenters. The molecule has 8 nitrogen and oxygen atoms in total. The highest BCUT2D eigenvalue weighted by atomic mass is 16.5. The maximum atomic E-state index is 12.7. The zero-order valence-corrected chi connectivity index (χ0v) is 15.3. The van der Waals surface area contributed by atoms with Crippen LogP contribution in [0.5, 0.6) is 0 Å². The van der Waals surface area contributed by atoms with E-state index in [-0.39, 0.29) is 29.9 Å². The number of aromatic nitrogens is 2. The molecule has 27 heavy (non-hydrogen) atoms. The SMILES string of the molecule is COCCCN(C(=O)C1CC1)c1c(N)n(Cc2ccccc2)c(=O)[nH]c1=O. The fourth-order valence-corrected chi connectivity index (χ4v) is 3.01. The molecule has 0 spiro atoms. The van der Waals surface area contributed by atoms with Gasteiger partial charge in [0.25, 0.3) is 5.56 Å². The van der Waals surface area contributed by atoms with Gasteiger partial charge in [-0.15, -0.1) is 0 Å². The third-order valence-electron chi connectivity index (χ3n) is 4.59. The number of nitrogens with two attached hydrogens (primary N) is 1. The Labute approximate surface area is 156 Å². The lowest BCUT2D eigenvalue weighted by Gasteiger charge is -2.24. The number of aromatic amines is 1. The minimum Gasteiger partial charge on any atom is -0.385 e. The highest BCUT2D eigenvalue weighted by Gasteiger charge is 2.36. The predicted molar refractivity (Wildman–Crippen MR) is 103 cm³/mol. The van der Waals surface area contributed by atoms with Crippen molar-refractivity contribution < 1.29 is 9.53 Å². The number of carbonyl (C=O) groups excluding carboxylic acids is 1. The lowest BCUT2D eigenvalue weighted by molar-refractivity contribution is -0.119. The van der Waals surface area contributed by atoms with Gasteiger partial charge < -0.3 is 15.4 Å². The molecule has 1 heterocycles. The summed E-state index contributed by atoms with van der Waals surface area (Å²) in [4.78, 5) is 41.3. The van der Waals surface area contributed by atoms with Crippen LogP contribution in [0.3, 0.4) is 0 Å². The number of ether oxygens (including phenoxy) is 1. The standard InChI is InChI=1S/C19H24N4O4/c1-27-11-5-10-22(18(25)14-8-9-14)15-16(20)23(19(26)21-17(15)24)12-13-6-3-2-4-7-13/h2-4,6-7,14H,5,8-12,20H2,1H3,(H,21,24,26). The van der Waals surface area contributed by atoms with Crippen molar-refractivity contribution in [3.8, 4) is 0 Å². The largest absolute Gasteiger partial charge is 0.385 e. The van der Waals surface area contributed by atoms with Crippen LogP contribution in [0.25, 0.3) is 0 Å². The minimum atomic E-state index is -0.645. The van der Waals surface area contributed by atoms with E-state index in [9.17, 15) is 14.4 Å². The Morgan fingerprint density at radius 1 is 1.30 bits per heavy atom. The number of benzene rings is 1. The molecule has 1 aliphatic carbocycles. The molecule has 0 unspecified atom stereocenters. The van der Waals surface area contributed by atoms with Crippen molar-refractivity contribution in [2.24, 2.45) is 5.92 Å². The van der Waals surface area contributed by atoms with E-state index in [0.29, 0.717) is 19.6 Å². The number of methoxy groups -OCH3 is 1. The van der Waals surface area contributed by atoms with Crippen LogP contribution >= 0.6 is 0 Å². The van der Waals surface area contributed by atoms with Gasteiger partial charge in [0.15, 0.2) is 5.69 Å². The molecular weight excluding hydrogens is 348 g/mol. The molecule has 0 saturated heterocycles. The van der Waals surface area contributed by atoms with Crippen LogP contribution in [0.2, 0.25) is 0 Å². The van der Waals surface area contributed by atoms with Gasteiger partial charge in [-0.25, -0.2) is 4.79 Å². The summed E-state index contributed by atoms with van der Waals surface area (Å²) in [5.41, 5.74) is 5.88. The van der Waals surface area contributed by atoms with Crippen molar-refractivity contribution >= 4 is 17.4 Å². The molecule has 0 radical (unpaired) electrons. The molecule has 1 amide bonds. The van der Waals surface area contributed by atoms with Gasteiger partial charge in [0.05, 0.1) is 6.54 Å². The average Bonchev–Trinajstić information content (AvgIpc) is 3.49. The van der Waals surface area contributed by atoms with E-state index in [1.54, 1.807) is 7.11 Å². The van der Waals surface area contributed by atoms with Crippen LogP contribution in [0.15, 0.2) is 39.9 Å². The number of carbonyl (C=O) groups is 1. The zero-order valence-electron chi connectivity index (χ0n) is 15.3. The maximum Gasteiger partial charge on any atom is 0.330 e. The molecule has 0 aliphatic heterocycles. The topological polar surface area (TPSA) is 110 Å². The number of nitrogens with zero attached hydrogens (tertiary/aromatic N) is 2. The molecule has 0 bridgehead atoms. The fourth-order valence-electron chi connectivity index (χ4n) is 3.01. The molecule has 1 saturated carbocycles. The minimum absolute atomic E-state index is 0.000908. The Hall–Kier alpha value is -2.87. The maximum absolute atomic E-state index is 12.7. The lowest BCUT2D eigenvalue weighted by Crippen LogP contribution is -2.42. The average molecular weight is 372 g/mol. The molecule has 1 aromatic carbocycles. The summed E-state index contributed by atoms with van der Waals surface area (Å²) in [5.74, 6) is -0.215. The second-order valence-corrected chi connectivity index (χ2v) is 6.68. The van der Waals surface area contributed by atoms with Crippen LogP contribution in [0.1, 0.15) is 24.8 Å². The first kappa shape index (κ1) is 18.9. The molecule has 3 rings (SSSR count). The van der Waals surface area contributed by atoms with Crippen molar-refractivity contribution in [3.63, 3.8) is 0 Å². The molecule has 8 heteroatoms. The Bertz CT molecular complexity index is 916. The van der Waals surface area contributed by atoms with Crippen molar-refractivity contribution in [1.82, 2.24) is 9.55 Å². The van der Waals surface area contributed by atoms with Crippen LogP contribution in [-0.4, -0.2) is 35.7 Å². The Morgan fingerprint density at radius 2 is 2.00 bits per heavy atom. The summed E-state index contributed by atoms with van der Waals surface area (Å²) in [6.45, 7) is 0.967. The monoisotopic (exact) mass is 372 g/mol. The zero-order chi connectivity index (χ0) is 19.4. The quantitative estimate of drug-likeness (QED) is 0.670. The molecule has 144 valence electrons. The number of H-pyrrole nitrogens is 1. The normalized spacial score (nSPS) is 13.5. The van der Waals surface area contributed by atoms with Crippen LogP contribution in [-0.2, 0) is 16.1 Å². The van der Waals surface area contributed by atoms with Crippen LogP contribution < -0.4 is 21.9 Å². The second kappa shape index (κ2) is 8.22. The third-order valence-corrected chi connectivity index (χ3v) is 4.59. The molecule has 1 aromatic heterocycles. The van der Waals surface area contributed by atoms with Crippen LogP contribution in [0, 0.1) is 5.92 Å². The van der Waals surface area contributed by atoms with Crippen molar-refractivity contribution in [1.29, 1.82) is 0 Å². The Kier molecular flexibility index (Phi) is 5.75. The van der Waals surface area contributed by atoms with E-state index in [0.717, 1.165) is 18.4 Å². The number of rotatable bonds is 8. The van der Waals surface area contributed by atoms with Gasteiger partial charge in [-0.05, 0) is 24.8 Å². The van der Waals surface area contributed by atoms with Crippen molar-refractivity contribution in [2.75, 3.05) is 30.9 Å². The summed E-state index contributed by atoms with van der Waals surface area (Å²) in [6, 6.07) is 9.32. The number of hydrogen-bond acceptors (Lipinski definition) is 5. The van der Waals surface area contributed by atoms with E-state index in [1.807, 2.05) is 30.3 Å². The molecule has 1 aliphatic rings. The van der Waals surface area contributed by atoms with Gasteiger partial charge >= 0.3 is 5.69 Å². The van der Waals surface area contributed by atoms with Crippen molar-refractivity contribution in [2.45, 2.75) is 25.8 Å². The first-order chi connectivity index (χ1) is 13.0. The summed E-state index contributed by atoms with van der Waals surface area (Å²) in [6.07, 6.45) is 2.17. The van der Waals surface area contributed by atoms with Gasteiger partial charge in [-0.1, -0.05) is 30.3 Å². The Morgan fingerprint density at radius 3 is 2.63 bits per heavy atom. The first-order valence-corrected chi connectivity index (χ1v) is 8.99. The molecule has 3 N–H and O–H groups in total. The highest BCUT2D eigenvalue weighted by molar-refractivity contribution is 5.98. The number of hydrogen-bond donors (Lipinski definition) is 2. The number of nitrogens with one attached hydrogen (secondary N) is 1. The van der Waals surface area contributed by atoms with E-state index in [2.05, 4.69) is 4.98 Å². The summed E-state index contributed by atoms with van der Waals surface area (Å²) in [7, 11) is 1.58. The van der Waals surface area contributed by atoms with Gasteiger partial charge in [-0.3, -0.25) is 19.1 Å². The van der Waals surface area contributed by atoms with E-state index in [1.165, 1.54) is 9.47 Å². The van der Waals surface area contributed by atoms with Crippen LogP contribution in [0.4, 0.5) is 11.5 Å². The number of nitrogen functional groups attached to an aromatic ring is 1. The van der Waals surface area contributed by atoms with Gasteiger partial charge in [-0.2, -0.15) is 0 Å². The lowest BCUT2D eigenvalue weighted by atomic mass is 10.2. The third kappa shape index (κ3) is 4.28. The van der Waals surface area contributed by atoms with Gasteiger partial charge in [0.2, 0.25) is 5.91 Å². The molecule has 2 aromatic rings. The number of anilines is 2. The fraction of sp³-hybridized carbons (Fsp3) is 0.421. The first-order valence-electron chi connectivity index (χ1n) is 8.99. The molecule has 1 fully saturated rings. The summed E-state index contributed by atoms with van der Waals surface area (Å²) in [5, 5.41) is 0. The number of amides is 1. The van der Waals surface area contributed by atoms with E-state index in [4.69, 9.17) is 10.5 Å². The molecular formula is C19H24N4O4. The summed E-state index contributed by atoms with van der Waals surface area (Å²) >= 11 is 0. The van der Waals surface area contributed by atoms with Gasteiger partial charge in [0, 0.05) is 26.2 Å². The van der Waals surface area contributed by atoms with E-state index >= 15 is 0 Å². The van der Waals surface area contributed by atoms with E-state index < -0.39 is 11.2 Å². The summed E-state index contributed by atoms with van der Waals surface area (Å²) < 4.78 is 6.34. The second-order valence-electron chi connectivity index (χ2n) is 6.68.